The summed E-state index contributed by atoms with van der Waals surface area (Å²) < 4.78 is 28.5. The summed E-state index contributed by atoms with van der Waals surface area (Å²) in [5, 5.41) is 0. The number of benzene rings is 1. The van der Waals surface area contributed by atoms with Crippen molar-refractivity contribution >= 4 is 15.9 Å². The van der Waals surface area contributed by atoms with Gasteiger partial charge < -0.3 is 4.74 Å². The van der Waals surface area contributed by atoms with Crippen LogP contribution in [0.15, 0.2) is 24.3 Å². The highest BCUT2D eigenvalue weighted by atomic mass is 32.2. The van der Waals surface area contributed by atoms with Gasteiger partial charge in [-0.2, -0.15) is 0 Å². The fourth-order valence-electron chi connectivity index (χ4n) is 1.21. The zero-order chi connectivity index (χ0) is 12.2. The lowest BCUT2D eigenvalue weighted by atomic mass is 10.1. The first kappa shape index (κ1) is 12.5. The molecule has 88 valence electrons. The van der Waals surface area contributed by atoms with Gasteiger partial charge in [0.1, 0.15) is 5.75 Å². The van der Waals surface area contributed by atoms with E-state index in [1.165, 1.54) is 7.11 Å². The first-order chi connectivity index (χ1) is 7.40. The molecule has 0 aliphatic carbocycles. The smallest absolute Gasteiger partial charge is 0.237 e. The molecule has 0 atom stereocenters. The number of methoxy groups -OCH3 is 1. The number of carbonyl (C=O) groups excluding carboxylic acids is 1. The van der Waals surface area contributed by atoms with E-state index < -0.39 is 15.9 Å². The standard InChI is InChI=1S/C10H13NO4S/c1-15-9-5-3-4-8(6-9)7-10(12)11-16(2,13)14/h3-6H,7H2,1-2H3,(H,11,12). The summed E-state index contributed by atoms with van der Waals surface area (Å²) in [6, 6.07) is 6.89. The molecule has 0 aromatic heterocycles. The zero-order valence-electron chi connectivity index (χ0n) is 9.06. The van der Waals surface area contributed by atoms with Crippen molar-refractivity contribution in [3.63, 3.8) is 0 Å². The van der Waals surface area contributed by atoms with Gasteiger partial charge in [-0.3, -0.25) is 9.52 Å². The van der Waals surface area contributed by atoms with E-state index in [9.17, 15) is 13.2 Å². The predicted molar refractivity (Wildman–Crippen MR) is 59.7 cm³/mol. The Bertz CT molecular complexity index is 481. The van der Waals surface area contributed by atoms with Crippen LogP contribution in [-0.4, -0.2) is 27.7 Å². The molecular formula is C10H13NO4S. The molecule has 0 saturated carbocycles. The Balaban J connectivity index is 2.70. The molecule has 0 saturated heterocycles. The van der Waals surface area contributed by atoms with Crippen molar-refractivity contribution in [1.82, 2.24) is 4.72 Å². The van der Waals surface area contributed by atoms with Crippen molar-refractivity contribution in [2.45, 2.75) is 6.42 Å². The molecule has 5 nitrogen and oxygen atoms in total. The van der Waals surface area contributed by atoms with Crippen molar-refractivity contribution < 1.29 is 17.9 Å². The maximum atomic E-state index is 11.3. The molecule has 6 heteroatoms. The monoisotopic (exact) mass is 243 g/mol. The molecule has 0 aliphatic heterocycles. The molecule has 0 aliphatic rings. The van der Waals surface area contributed by atoms with E-state index in [2.05, 4.69) is 0 Å². The van der Waals surface area contributed by atoms with Gasteiger partial charge >= 0.3 is 0 Å². The molecule has 0 spiro atoms. The van der Waals surface area contributed by atoms with Crippen LogP contribution in [0, 0.1) is 0 Å². The Morgan fingerprint density at radius 1 is 1.44 bits per heavy atom. The van der Waals surface area contributed by atoms with Gasteiger partial charge in [0.05, 0.1) is 19.8 Å². The quantitative estimate of drug-likeness (QED) is 0.826. The summed E-state index contributed by atoms with van der Waals surface area (Å²) in [7, 11) is -1.97. The molecule has 0 fully saturated rings. The van der Waals surface area contributed by atoms with Crippen LogP contribution in [0.2, 0.25) is 0 Å². The van der Waals surface area contributed by atoms with Crippen molar-refractivity contribution in [3.05, 3.63) is 29.8 Å². The average Bonchev–Trinajstić information content (AvgIpc) is 2.15. The number of sulfonamides is 1. The Kier molecular flexibility index (Phi) is 3.89. The minimum Gasteiger partial charge on any atom is -0.497 e. The van der Waals surface area contributed by atoms with E-state index in [1.54, 1.807) is 24.3 Å². The summed E-state index contributed by atoms with van der Waals surface area (Å²) >= 11 is 0. The van der Waals surface area contributed by atoms with Crippen LogP contribution in [0.3, 0.4) is 0 Å². The Morgan fingerprint density at radius 3 is 2.69 bits per heavy atom. The highest BCUT2D eigenvalue weighted by Gasteiger charge is 2.09. The molecule has 1 aromatic rings. The predicted octanol–water partition coefficient (Wildman–Crippen LogP) is 0.314. The lowest BCUT2D eigenvalue weighted by molar-refractivity contribution is -0.118. The molecule has 0 heterocycles. The van der Waals surface area contributed by atoms with Gasteiger partial charge in [-0.25, -0.2) is 8.42 Å². The van der Waals surface area contributed by atoms with Gasteiger partial charge in [0, 0.05) is 0 Å². The summed E-state index contributed by atoms with van der Waals surface area (Å²) in [4.78, 5) is 11.3. The molecule has 0 radical (unpaired) electrons. The third kappa shape index (κ3) is 4.31. The molecule has 0 unspecified atom stereocenters. The third-order valence-corrected chi connectivity index (χ3v) is 2.40. The Hall–Kier alpha value is -1.56. The maximum Gasteiger partial charge on any atom is 0.237 e. The summed E-state index contributed by atoms with van der Waals surface area (Å²) in [6.07, 6.45) is 0.945. The topological polar surface area (TPSA) is 72.5 Å². The maximum absolute atomic E-state index is 11.3. The number of carbonyl (C=O) groups is 1. The zero-order valence-corrected chi connectivity index (χ0v) is 9.87. The van der Waals surface area contributed by atoms with Crippen LogP contribution in [0.4, 0.5) is 0 Å². The first-order valence-electron chi connectivity index (χ1n) is 4.54. The molecule has 1 rings (SSSR count). The number of nitrogens with one attached hydrogen (secondary N) is 1. The van der Waals surface area contributed by atoms with E-state index in [0.717, 1.165) is 6.26 Å². The van der Waals surface area contributed by atoms with E-state index >= 15 is 0 Å². The fourth-order valence-corrected chi connectivity index (χ4v) is 1.70. The summed E-state index contributed by atoms with van der Waals surface area (Å²) in [5.41, 5.74) is 0.695. The van der Waals surface area contributed by atoms with Crippen molar-refractivity contribution in [3.8, 4) is 5.75 Å². The number of hydrogen-bond acceptors (Lipinski definition) is 4. The largest absolute Gasteiger partial charge is 0.497 e. The Labute approximate surface area is 94.5 Å². The highest BCUT2D eigenvalue weighted by molar-refractivity contribution is 7.89. The van der Waals surface area contributed by atoms with Gasteiger partial charge in [-0.05, 0) is 17.7 Å². The second kappa shape index (κ2) is 4.98. The van der Waals surface area contributed by atoms with Crippen LogP contribution in [0.25, 0.3) is 0 Å². The lowest BCUT2D eigenvalue weighted by Gasteiger charge is -2.04. The minimum atomic E-state index is -3.49. The van der Waals surface area contributed by atoms with E-state index in [4.69, 9.17) is 4.74 Å². The third-order valence-electron chi connectivity index (χ3n) is 1.80. The number of ether oxygens (including phenoxy) is 1. The van der Waals surface area contributed by atoms with Crippen LogP contribution in [0.5, 0.6) is 5.75 Å². The van der Waals surface area contributed by atoms with Crippen molar-refractivity contribution in [2.24, 2.45) is 0 Å². The Morgan fingerprint density at radius 2 is 2.12 bits per heavy atom. The van der Waals surface area contributed by atoms with Gasteiger partial charge in [-0.15, -0.1) is 0 Å². The van der Waals surface area contributed by atoms with Crippen LogP contribution >= 0.6 is 0 Å². The van der Waals surface area contributed by atoms with Gasteiger partial charge in [0.2, 0.25) is 15.9 Å². The van der Waals surface area contributed by atoms with Gasteiger partial charge in [-0.1, -0.05) is 12.1 Å². The minimum absolute atomic E-state index is 0.00424. The molecular weight excluding hydrogens is 230 g/mol. The number of hydrogen-bond donors (Lipinski definition) is 1. The average molecular weight is 243 g/mol. The fraction of sp³-hybridized carbons (Fsp3) is 0.300. The molecule has 16 heavy (non-hydrogen) atoms. The summed E-state index contributed by atoms with van der Waals surface area (Å²) in [6.45, 7) is 0. The number of rotatable bonds is 4. The van der Waals surface area contributed by atoms with E-state index in [0.29, 0.717) is 11.3 Å². The van der Waals surface area contributed by atoms with E-state index in [1.807, 2.05) is 4.72 Å². The molecule has 1 aromatic carbocycles. The molecule has 1 N–H and O–H groups in total. The second-order valence-corrected chi connectivity index (χ2v) is 5.07. The SMILES string of the molecule is COc1cccc(CC(=O)NS(C)(=O)=O)c1. The van der Waals surface area contributed by atoms with Crippen molar-refractivity contribution in [1.29, 1.82) is 0 Å². The van der Waals surface area contributed by atoms with E-state index in [-0.39, 0.29) is 6.42 Å². The second-order valence-electron chi connectivity index (χ2n) is 3.33. The lowest BCUT2D eigenvalue weighted by Crippen LogP contribution is -2.30. The first-order valence-corrected chi connectivity index (χ1v) is 6.43. The molecule has 0 bridgehead atoms. The van der Waals surface area contributed by atoms with Crippen molar-refractivity contribution in [2.75, 3.05) is 13.4 Å². The normalized spacial score (nSPS) is 10.9. The summed E-state index contributed by atoms with van der Waals surface area (Å²) in [5.74, 6) is 0.0698. The van der Waals surface area contributed by atoms with Crippen LogP contribution in [0.1, 0.15) is 5.56 Å². The van der Waals surface area contributed by atoms with Crippen LogP contribution in [-0.2, 0) is 21.2 Å². The molecule has 1 amide bonds. The van der Waals surface area contributed by atoms with Gasteiger partial charge in [0.25, 0.3) is 0 Å². The number of amides is 1. The highest BCUT2D eigenvalue weighted by Crippen LogP contribution is 2.12. The van der Waals surface area contributed by atoms with Gasteiger partial charge in [0.15, 0.2) is 0 Å². The van der Waals surface area contributed by atoms with Crippen LogP contribution < -0.4 is 9.46 Å².